The number of aromatic nitrogens is 1. The lowest BCUT2D eigenvalue weighted by atomic mass is 10.1. The maximum absolute atomic E-state index is 13.1. The van der Waals surface area contributed by atoms with Crippen molar-refractivity contribution in [1.82, 2.24) is 15.2 Å². The SMILES string of the molecule is Cc1cccc(N2C(=O)c3cccnc3[C@H]2CC(=O)NCCN2CCCCC2)c1. The molecular weight excluding hydrogens is 364 g/mol. The number of nitrogens with one attached hydrogen (secondary N) is 1. The van der Waals surface area contributed by atoms with Crippen LogP contribution in [0, 0.1) is 6.92 Å². The average Bonchev–Trinajstić information content (AvgIpc) is 3.01. The van der Waals surface area contributed by atoms with Crippen molar-refractivity contribution in [3.8, 4) is 0 Å². The van der Waals surface area contributed by atoms with Crippen LogP contribution >= 0.6 is 0 Å². The lowest BCUT2D eigenvalue weighted by Gasteiger charge is -2.27. The minimum atomic E-state index is -0.379. The van der Waals surface area contributed by atoms with E-state index in [1.54, 1.807) is 23.2 Å². The van der Waals surface area contributed by atoms with Gasteiger partial charge in [0.25, 0.3) is 5.91 Å². The van der Waals surface area contributed by atoms with Crippen LogP contribution in [0.2, 0.25) is 0 Å². The van der Waals surface area contributed by atoms with E-state index in [0.29, 0.717) is 17.8 Å². The molecule has 152 valence electrons. The van der Waals surface area contributed by atoms with Gasteiger partial charge in [0.05, 0.1) is 23.7 Å². The normalized spacial score (nSPS) is 19.3. The molecule has 1 aromatic carbocycles. The van der Waals surface area contributed by atoms with E-state index in [9.17, 15) is 9.59 Å². The van der Waals surface area contributed by atoms with Gasteiger partial charge in [-0.2, -0.15) is 0 Å². The van der Waals surface area contributed by atoms with E-state index in [1.165, 1.54) is 19.3 Å². The first-order chi connectivity index (χ1) is 14.1. The van der Waals surface area contributed by atoms with Gasteiger partial charge in [0.1, 0.15) is 0 Å². The van der Waals surface area contributed by atoms with Gasteiger partial charge < -0.3 is 10.2 Å². The van der Waals surface area contributed by atoms with Gasteiger partial charge in [-0.05, 0) is 62.7 Å². The molecule has 6 nitrogen and oxygen atoms in total. The first kappa shape index (κ1) is 19.6. The van der Waals surface area contributed by atoms with E-state index < -0.39 is 0 Å². The summed E-state index contributed by atoms with van der Waals surface area (Å²) in [5.74, 6) is -0.138. The summed E-state index contributed by atoms with van der Waals surface area (Å²) in [4.78, 5) is 34.3. The fourth-order valence-electron chi connectivity index (χ4n) is 4.30. The molecule has 1 fully saturated rings. The lowest BCUT2D eigenvalue weighted by Crippen LogP contribution is -2.39. The number of hydrogen-bond acceptors (Lipinski definition) is 4. The Balaban J connectivity index is 1.47. The van der Waals surface area contributed by atoms with Crippen LogP contribution < -0.4 is 10.2 Å². The number of piperidine rings is 1. The molecule has 4 rings (SSSR count). The Hall–Kier alpha value is -2.73. The molecule has 1 atom stereocenters. The van der Waals surface area contributed by atoms with Gasteiger partial charge in [0, 0.05) is 25.0 Å². The summed E-state index contributed by atoms with van der Waals surface area (Å²) in [5.41, 5.74) is 3.15. The Morgan fingerprint density at radius 3 is 2.79 bits per heavy atom. The molecule has 0 radical (unpaired) electrons. The van der Waals surface area contributed by atoms with Gasteiger partial charge in [-0.15, -0.1) is 0 Å². The molecule has 0 spiro atoms. The third-order valence-electron chi connectivity index (χ3n) is 5.77. The van der Waals surface area contributed by atoms with Crippen molar-refractivity contribution in [3.63, 3.8) is 0 Å². The molecule has 0 aliphatic carbocycles. The zero-order chi connectivity index (χ0) is 20.2. The summed E-state index contributed by atoms with van der Waals surface area (Å²) in [6, 6.07) is 11.0. The van der Waals surface area contributed by atoms with Crippen LogP contribution in [0.3, 0.4) is 0 Å². The fourth-order valence-corrected chi connectivity index (χ4v) is 4.30. The number of fused-ring (bicyclic) bond motifs is 1. The second kappa shape index (κ2) is 8.74. The number of likely N-dealkylation sites (tertiary alicyclic amines) is 1. The van der Waals surface area contributed by atoms with Gasteiger partial charge in [-0.3, -0.25) is 19.5 Å². The smallest absolute Gasteiger partial charge is 0.260 e. The predicted molar refractivity (Wildman–Crippen MR) is 113 cm³/mol. The second-order valence-electron chi connectivity index (χ2n) is 7.92. The van der Waals surface area contributed by atoms with E-state index in [-0.39, 0.29) is 24.3 Å². The molecule has 6 heteroatoms. The highest BCUT2D eigenvalue weighted by Crippen LogP contribution is 2.38. The molecule has 0 bridgehead atoms. The second-order valence-corrected chi connectivity index (χ2v) is 7.92. The number of aryl methyl sites for hydroxylation is 1. The number of rotatable bonds is 6. The van der Waals surface area contributed by atoms with Gasteiger partial charge in [0.2, 0.25) is 5.91 Å². The van der Waals surface area contributed by atoms with E-state index in [4.69, 9.17) is 0 Å². The number of amides is 2. The molecule has 3 heterocycles. The highest BCUT2D eigenvalue weighted by Gasteiger charge is 2.39. The van der Waals surface area contributed by atoms with E-state index in [0.717, 1.165) is 30.9 Å². The van der Waals surface area contributed by atoms with E-state index in [2.05, 4.69) is 15.2 Å². The van der Waals surface area contributed by atoms with Crippen LogP contribution in [-0.2, 0) is 4.79 Å². The highest BCUT2D eigenvalue weighted by atomic mass is 16.2. The van der Waals surface area contributed by atoms with Crippen molar-refractivity contribution >= 4 is 17.5 Å². The molecule has 0 saturated carbocycles. The molecular formula is C23H28N4O2. The number of carbonyl (C=O) groups is 2. The molecule has 29 heavy (non-hydrogen) atoms. The van der Waals surface area contributed by atoms with Gasteiger partial charge >= 0.3 is 0 Å². The zero-order valence-electron chi connectivity index (χ0n) is 16.9. The predicted octanol–water partition coefficient (Wildman–Crippen LogP) is 3.08. The van der Waals surface area contributed by atoms with Crippen LogP contribution in [0.25, 0.3) is 0 Å². The molecule has 2 aromatic rings. The minimum absolute atomic E-state index is 0.0454. The molecule has 1 N–H and O–H groups in total. The maximum Gasteiger partial charge on any atom is 0.260 e. The number of hydrogen-bond donors (Lipinski definition) is 1. The topological polar surface area (TPSA) is 65.5 Å². The summed E-state index contributed by atoms with van der Waals surface area (Å²) < 4.78 is 0. The van der Waals surface area contributed by atoms with Gasteiger partial charge in [-0.1, -0.05) is 18.6 Å². The Bertz CT molecular complexity index is 892. The maximum atomic E-state index is 13.1. The van der Waals surface area contributed by atoms with E-state index in [1.807, 2.05) is 31.2 Å². The molecule has 2 aliphatic rings. The summed E-state index contributed by atoms with van der Waals surface area (Å²) in [5, 5.41) is 3.04. The number of nitrogens with zero attached hydrogens (tertiary/aromatic N) is 3. The van der Waals surface area contributed by atoms with Crippen LogP contribution in [0.1, 0.15) is 53.3 Å². The number of pyridine rings is 1. The third kappa shape index (κ3) is 4.32. The van der Waals surface area contributed by atoms with Crippen molar-refractivity contribution in [2.24, 2.45) is 0 Å². The first-order valence-corrected chi connectivity index (χ1v) is 10.5. The summed E-state index contributed by atoms with van der Waals surface area (Å²) in [6.07, 6.45) is 5.69. The van der Waals surface area contributed by atoms with Crippen molar-refractivity contribution in [1.29, 1.82) is 0 Å². The lowest BCUT2D eigenvalue weighted by molar-refractivity contribution is -0.121. The monoisotopic (exact) mass is 392 g/mol. The third-order valence-corrected chi connectivity index (χ3v) is 5.77. The average molecular weight is 393 g/mol. The Morgan fingerprint density at radius 1 is 1.17 bits per heavy atom. The summed E-state index contributed by atoms with van der Waals surface area (Å²) in [7, 11) is 0. The zero-order valence-corrected chi connectivity index (χ0v) is 16.9. The van der Waals surface area contributed by atoms with Crippen LogP contribution in [0.5, 0.6) is 0 Å². The van der Waals surface area contributed by atoms with Gasteiger partial charge in [0.15, 0.2) is 0 Å². The molecule has 2 aliphatic heterocycles. The number of benzene rings is 1. The van der Waals surface area contributed by atoms with Crippen molar-refractivity contribution in [2.45, 2.75) is 38.6 Å². The number of anilines is 1. The summed E-state index contributed by atoms with van der Waals surface area (Å²) in [6.45, 7) is 5.75. The van der Waals surface area contributed by atoms with Crippen LogP contribution in [-0.4, -0.2) is 47.9 Å². The van der Waals surface area contributed by atoms with Gasteiger partial charge in [-0.25, -0.2) is 0 Å². The fraction of sp³-hybridized carbons (Fsp3) is 0.435. The first-order valence-electron chi connectivity index (χ1n) is 10.5. The number of carbonyl (C=O) groups excluding carboxylic acids is 2. The van der Waals surface area contributed by atoms with Crippen molar-refractivity contribution in [3.05, 3.63) is 59.4 Å². The summed E-state index contributed by atoms with van der Waals surface area (Å²) >= 11 is 0. The molecule has 1 saturated heterocycles. The largest absolute Gasteiger partial charge is 0.355 e. The standard InChI is InChI=1S/C23H28N4O2/c1-17-7-5-8-18(15-17)27-20(22-19(23(27)29)9-6-10-25-22)16-21(28)24-11-14-26-12-3-2-4-13-26/h5-10,15,20H,2-4,11-14,16H2,1H3,(H,24,28)/t20-/m1/s1. The minimum Gasteiger partial charge on any atom is -0.355 e. The molecule has 2 amide bonds. The molecule has 1 aromatic heterocycles. The Kier molecular flexibility index (Phi) is 5.90. The molecule has 0 unspecified atom stereocenters. The van der Waals surface area contributed by atoms with Crippen molar-refractivity contribution in [2.75, 3.05) is 31.1 Å². The van der Waals surface area contributed by atoms with E-state index >= 15 is 0 Å². The quantitative estimate of drug-likeness (QED) is 0.821. The highest BCUT2D eigenvalue weighted by molar-refractivity contribution is 6.11. The Morgan fingerprint density at radius 2 is 2.00 bits per heavy atom. The Labute approximate surface area is 171 Å². The van der Waals surface area contributed by atoms with Crippen molar-refractivity contribution < 1.29 is 9.59 Å². The van der Waals surface area contributed by atoms with Crippen LogP contribution in [0.4, 0.5) is 5.69 Å². The van der Waals surface area contributed by atoms with Crippen LogP contribution in [0.15, 0.2) is 42.6 Å².